The summed E-state index contributed by atoms with van der Waals surface area (Å²) in [5.74, 6) is 1.43. The summed E-state index contributed by atoms with van der Waals surface area (Å²) in [6.07, 6.45) is -0.916. The molecule has 1 aromatic heterocycles. The maximum Gasteiger partial charge on any atom is 0.330 e. The number of nitrogens with zero attached hydrogens (tertiary/aromatic N) is 2. The number of fused-ring (bicyclic) bond motifs is 1. The van der Waals surface area contributed by atoms with Gasteiger partial charge >= 0.3 is 5.69 Å². The van der Waals surface area contributed by atoms with E-state index in [4.69, 9.17) is 23.7 Å². The molecule has 12 nitrogen and oxygen atoms in total. The van der Waals surface area contributed by atoms with Gasteiger partial charge in [-0.15, -0.1) is 0 Å². The molecule has 0 bridgehead atoms. The quantitative estimate of drug-likeness (QED) is 0.187. The molecule has 0 spiro atoms. The van der Waals surface area contributed by atoms with Gasteiger partial charge in [-0.1, -0.05) is 72.8 Å². The molecule has 5 aromatic rings. The molecule has 3 heterocycles. The van der Waals surface area contributed by atoms with Crippen LogP contribution in [0.4, 0.5) is 0 Å². The Morgan fingerprint density at radius 3 is 1.98 bits per heavy atom. The minimum Gasteiger partial charge on any atom is -0.497 e. The van der Waals surface area contributed by atoms with Crippen LogP contribution in [0, 0.1) is 6.92 Å². The van der Waals surface area contributed by atoms with Crippen LogP contribution in [0.15, 0.2) is 125 Å². The molecular formula is C40H39N3O9. The Bertz CT molecular complexity index is 2090. The number of methoxy groups -OCH3 is 2. The molecule has 2 N–H and O–H groups in total. The zero-order valence-electron chi connectivity index (χ0n) is 28.9. The van der Waals surface area contributed by atoms with Crippen molar-refractivity contribution in [3.8, 4) is 17.2 Å². The van der Waals surface area contributed by atoms with Crippen LogP contribution in [-0.2, 0) is 25.6 Å². The number of rotatable bonds is 12. The number of aliphatic hydroxyl groups is 1. The highest BCUT2D eigenvalue weighted by atomic mass is 16.6. The lowest BCUT2D eigenvalue weighted by Gasteiger charge is -2.53. The molecule has 0 aliphatic carbocycles. The Kier molecular flexibility index (Phi) is 9.45. The number of benzene rings is 4. The van der Waals surface area contributed by atoms with E-state index in [1.807, 2.05) is 84.9 Å². The molecule has 2 aliphatic rings. The van der Waals surface area contributed by atoms with Crippen LogP contribution in [0.2, 0.25) is 0 Å². The fraction of sp³-hybridized carbons (Fsp3) is 0.275. The lowest BCUT2D eigenvalue weighted by Crippen LogP contribution is -2.74. The van der Waals surface area contributed by atoms with Gasteiger partial charge in [0.05, 0.1) is 27.4 Å². The molecule has 52 heavy (non-hydrogen) atoms. The molecule has 2 fully saturated rings. The van der Waals surface area contributed by atoms with Gasteiger partial charge in [-0.3, -0.25) is 19.1 Å². The first-order valence-corrected chi connectivity index (χ1v) is 16.8. The first-order valence-electron chi connectivity index (χ1n) is 16.8. The molecule has 4 aromatic carbocycles. The Morgan fingerprint density at radius 2 is 1.40 bits per heavy atom. The highest BCUT2D eigenvalue weighted by Gasteiger charge is 2.68. The van der Waals surface area contributed by atoms with E-state index in [2.05, 4.69) is 4.98 Å². The number of amides is 1. The molecule has 2 aliphatic heterocycles. The minimum atomic E-state index is -1.49. The summed E-state index contributed by atoms with van der Waals surface area (Å²) in [5, 5.41) is 12.0. The second-order valence-electron chi connectivity index (χ2n) is 12.8. The number of likely N-dealkylation sites (tertiary alicyclic amines) is 1. The minimum absolute atomic E-state index is 0.0750. The first-order chi connectivity index (χ1) is 25.2. The van der Waals surface area contributed by atoms with Crippen molar-refractivity contribution >= 4 is 5.91 Å². The van der Waals surface area contributed by atoms with Crippen LogP contribution in [-0.4, -0.2) is 77.7 Å². The van der Waals surface area contributed by atoms with Gasteiger partial charge in [-0.25, -0.2) is 4.79 Å². The predicted molar refractivity (Wildman–Crippen MR) is 191 cm³/mol. The van der Waals surface area contributed by atoms with Gasteiger partial charge in [0, 0.05) is 11.8 Å². The van der Waals surface area contributed by atoms with Crippen LogP contribution in [0.5, 0.6) is 17.2 Å². The molecule has 0 unspecified atom stereocenters. The van der Waals surface area contributed by atoms with Crippen molar-refractivity contribution in [3.63, 3.8) is 0 Å². The number of ether oxygens (including phenoxy) is 5. The molecule has 268 valence electrons. The van der Waals surface area contributed by atoms with Gasteiger partial charge in [0.25, 0.3) is 11.5 Å². The maximum absolute atomic E-state index is 13.6. The van der Waals surface area contributed by atoms with Gasteiger partial charge in [0.2, 0.25) is 0 Å². The van der Waals surface area contributed by atoms with Crippen LogP contribution in [0.25, 0.3) is 0 Å². The highest BCUT2D eigenvalue weighted by Crippen LogP contribution is 2.48. The normalized spacial score (nSPS) is 20.8. The maximum atomic E-state index is 13.6. The number of aryl methyl sites for hydroxylation is 1. The van der Waals surface area contributed by atoms with Gasteiger partial charge in [-0.2, -0.15) is 0 Å². The number of H-pyrrole nitrogens is 1. The fourth-order valence-corrected chi connectivity index (χ4v) is 7.19. The zero-order valence-corrected chi connectivity index (χ0v) is 28.9. The second kappa shape index (κ2) is 14.1. The molecule has 12 heteroatoms. The zero-order chi connectivity index (χ0) is 36.5. The number of para-hydroxylation sites is 1. The summed E-state index contributed by atoms with van der Waals surface area (Å²) in [6.45, 7) is 1.04. The van der Waals surface area contributed by atoms with Gasteiger partial charge in [0.15, 0.2) is 12.3 Å². The van der Waals surface area contributed by atoms with E-state index in [-0.39, 0.29) is 25.3 Å². The standard InChI is InChI=1S/C40H39N3O9/c1-26-22-43(38(47)41-37(26)46)39-25-42(34(44)24-50-32-12-8-5-9-13-32)36(39)35(45)33(52-39)23-51-40(27-10-6-4-7-11-27,28-14-18-30(48-2)19-15-28)29-16-20-31(49-3)21-17-29/h4-22,33,35-36,45H,23-25H2,1-3H3,(H,41,46,47)/t33-,35-,36-,39-/m1/s1. The van der Waals surface area contributed by atoms with E-state index in [1.54, 1.807) is 45.4 Å². The van der Waals surface area contributed by atoms with E-state index in [9.17, 15) is 19.5 Å². The Morgan fingerprint density at radius 1 is 0.846 bits per heavy atom. The van der Waals surface area contributed by atoms with E-state index in [1.165, 1.54) is 15.7 Å². The summed E-state index contributed by atoms with van der Waals surface area (Å²) in [6, 6.07) is 32.7. The molecule has 0 radical (unpaired) electrons. The van der Waals surface area contributed by atoms with E-state index in [0.717, 1.165) is 16.7 Å². The number of aromatic amines is 1. The third-order valence-electron chi connectivity index (χ3n) is 9.85. The van der Waals surface area contributed by atoms with Crippen molar-refractivity contribution in [1.29, 1.82) is 0 Å². The van der Waals surface area contributed by atoms with Crippen molar-refractivity contribution in [2.75, 3.05) is 34.0 Å². The SMILES string of the molecule is COc1ccc(C(OC[C@H]2O[C@]3(n4cc(C)c(=O)[nH]c4=O)CN(C(=O)COc4ccccc4)[C@@H]3[C@@H]2O)(c2ccccc2)c2ccc(OC)cc2)cc1. The van der Waals surface area contributed by atoms with E-state index in [0.29, 0.717) is 17.2 Å². The number of nitrogens with one attached hydrogen (secondary N) is 1. The van der Waals surface area contributed by atoms with Gasteiger partial charge in [-0.05, 0) is 60.0 Å². The predicted octanol–water partition coefficient (Wildman–Crippen LogP) is 3.57. The summed E-state index contributed by atoms with van der Waals surface area (Å²) < 4.78 is 31.6. The average molecular weight is 706 g/mol. The average Bonchev–Trinajstić information content (AvgIpc) is 3.38. The Balaban J connectivity index is 1.27. The fourth-order valence-electron chi connectivity index (χ4n) is 7.19. The molecule has 1 amide bonds. The second-order valence-corrected chi connectivity index (χ2v) is 12.8. The molecule has 7 rings (SSSR count). The monoisotopic (exact) mass is 705 g/mol. The molecule has 2 saturated heterocycles. The number of hydrogen-bond acceptors (Lipinski definition) is 9. The molecule has 0 saturated carbocycles. The number of aliphatic hydroxyl groups excluding tert-OH is 1. The Hall–Kier alpha value is -5.69. The Labute approximate surface area is 299 Å². The topological polar surface area (TPSA) is 142 Å². The van der Waals surface area contributed by atoms with E-state index >= 15 is 0 Å². The largest absolute Gasteiger partial charge is 0.497 e. The van der Waals surface area contributed by atoms with Crippen LogP contribution < -0.4 is 25.5 Å². The van der Waals surface area contributed by atoms with Crippen molar-refractivity contribution < 1.29 is 33.6 Å². The van der Waals surface area contributed by atoms with Crippen molar-refractivity contribution in [3.05, 3.63) is 158 Å². The van der Waals surface area contributed by atoms with Crippen LogP contribution in [0.1, 0.15) is 22.3 Å². The van der Waals surface area contributed by atoms with Crippen molar-refractivity contribution in [1.82, 2.24) is 14.5 Å². The van der Waals surface area contributed by atoms with Crippen molar-refractivity contribution in [2.45, 2.75) is 36.5 Å². The summed E-state index contributed by atoms with van der Waals surface area (Å²) in [4.78, 5) is 43.0. The number of carbonyl (C=O) groups excluding carboxylic acids is 1. The van der Waals surface area contributed by atoms with Crippen LogP contribution in [0.3, 0.4) is 0 Å². The van der Waals surface area contributed by atoms with Gasteiger partial charge < -0.3 is 33.7 Å². The summed E-state index contributed by atoms with van der Waals surface area (Å²) in [5.41, 5.74) is -1.35. The highest BCUT2D eigenvalue weighted by molar-refractivity contribution is 5.79. The first kappa shape index (κ1) is 34.7. The smallest absolute Gasteiger partial charge is 0.330 e. The van der Waals surface area contributed by atoms with Crippen LogP contribution >= 0.6 is 0 Å². The van der Waals surface area contributed by atoms with E-state index < -0.39 is 46.7 Å². The lowest BCUT2D eigenvalue weighted by atomic mass is 9.80. The molecule has 4 atom stereocenters. The van der Waals surface area contributed by atoms with Gasteiger partial charge in [0.1, 0.15) is 41.1 Å². The number of aromatic nitrogens is 2. The van der Waals surface area contributed by atoms with Crippen molar-refractivity contribution in [2.24, 2.45) is 0 Å². The lowest BCUT2D eigenvalue weighted by molar-refractivity contribution is -0.217. The summed E-state index contributed by atoms with van der Waals surface area (Å²) in [7, 11) is 3.19. The third-order valence-corrected chi connectivity index (χ3v) is 9.85. The summed E-state index contributed by atoms with van der Waals surface area (Å²) >= 11 is 0. The third kappa shape index (κ3) is 6.04. The molecular weight excluding hydrogens is 666 g/mol. The number of hydrogen-bond donors (Lipinski definition) is 2. The number of carbonyl (C=O) groups is 1.